The van der Waals surface area contributed by atoms with E-state index in [4.69, 9.17) is 0 Å². The molecule has 2 aromatic rings. The second-order valence-corrected chi connectivity index (χ2v) is 10.2. The molecule has 3 fully saturated rings. The molecule has 2 aliphatic heterocycles. The van der Waals surface area contributed by atoms with Crippen molar-refractivity contribution in [1.29, 1.82) is 0 Å². The number of nitrogens with zero attached hydrogens (tertiary/aromatic N) is 4. The van der Waals surface area contributed by atoms with E-state index in [0.717, 1.165) is 13.1 Å². The van der Waals surface area contributed by atoms with E-state index < -0.39 is 0 Å². The fourth-order valence-corrected chi connectivity index (χ4v) is 5.68. The highest BCUT2D eigenvalue weighted by atomic mass is 16.2. The maximum absolute atomic E-state index is 13.2. The lowest BCUT2D eigenvalue weighted by Crippen LogP contribution is -2.52. The first-order valence-corrected chi connectivity index (χ1v) is 12.8. The van der Waals surface area contributed by atoms with Crippen LogP contribution < -0.4 is 10.9 Å². The van der Waals surface area contributed by atoms with Crippen LogP contribution in [0.4, 0.5) is 0 Å². The third-order valence-electron chi connectivity index (χ3n) is 7.69. The molecule has 2 atom stereocenters. The average molecular weight is 466 g/mol. The highest BCUT2D eigenvalue weighted by Gasteiger charge is 2.36. The molecule has 2 amide bonds. The normalized spacial score (nSPS) is 22.8. The monoisotopic (exact) mass is 465 g/mol. The Bertz CT molecular complexity index is 1090. The van der Waals surface area contributed by atoms with Crippen LogP contribution in [0.2, 0.25) is 0 Å². The van der Waals surface area contributed by atoms with Crippen molar-refractivity contribution in [3.8, 4) is 0 Å². The Morgan fingerprint density at radius 1 is 1.03 bits per heavy atom. The Hall–Kier alpha value is -2.74. The van der Waals surface area contributed by atoms with E-state index in [-0.39, 0.29) is 30.5 Å². The first kappa shape index (κ1) is 23.0. The molecule has 0 unspecified atom stereocenters. The van der Waals surface area contributed by atoms with Gasteiger partial charge in [-0.2, -0.15) is 0 Å². The van der Waals surface area contributed by atoms with Crippen molar-refractivity contribution in [2.75, 3.05) is 32.7 Å². The Morgan fingerprint density at radius 2 is 1.85 bits per heavy atom. The highest BCUT2D eigenvalue weighted by Crippen LogP contribution is 2.34. The number of carbonyl (C=O) groups excluding carboxylic acids is 2. The van der Waals surface area contributed by atoms with E-state index in [0.29, 0.717) is 28.8 Å². The van der Waals surface area contributed by atoms with Gasteiger partial charge in [0.05, 0.1) is 23.8 Å². The number of benzene rings is 1. The summed E-state index contributed by atoms with van der Waals surface area (Å²) in [5, 5.41) is 3.23. The number of piperidine rings is 2. The van der Waals surface area contributed by atoms with Crippen LogP contribution in [0.5, 0.6) is 0 Å². The first-order chi connectivity index (χ1) is 16.6. The van der Waals surface area contributed by atoms with Gasteiger partial charge in [-0.25, -0.2) is 4.98 Å². The Balaban J connectivity index is 1.19. The lowest BCUT2D eigenvalue weighted by Gasteiger charge is -2.45. The number of carbonyl (C=O) groups is 2. The Labute approximate surface area is 200 Å². The van der Waals surface area contributed by atoms with Crippen LogP contribution in [0.3, 0.4) is 0 Å². The molecule has 1 aromatic carbocycles. The summed E-state index contributed by atoms with van der Waals surface area (Å²) < 4.78 is 1.30. The number of nitrogens with one attached hydrogen (secondary N) is 1. The van der Waals surface area contributed by atoms with Gasteiger partial charge < -0.3 is 15.1 Å². The van der Waals surface area contributed by atoms with Crippen molar-refractivity contribution < 1.29 is 9.59 Å². The smallest absolute Gasteiger partial charge is 0.261 e. The summed E-state index contributed by atoms with van der Waals surface area (Å²) in [5.74, 6) is 0.759. The van der Waals surface area contributed by atoms with Gasteiger partial charge in [0.2, 0.25) is 11.8 Å². The van der Waals surface area contributed by atoms with E-state index >= 15 is 0 Å². The first-order valence-electron chi connectivity index (χ1n) is 12.8. The quantitative estimate of drug-likeness (QED) is 0.645. The largest absolute Gasteiger partial charge is 0.345 e. The van der Waals surface area contributed by atoms with E-state index in [2.05, 4.69) is 15.2 Å². The van der Waals surface area contributed by atoms with Gasteiger partial charge in [-0.05, 0) is 75.6 Å². The molecule has 5 rings (SSSR count). The van der Waals surface area contributed by atoms with Crippen molar-refractivity contribution >= 4 is 22.7 Å². The lowest BCUT2D eigenvalue weighted by molar-refractivity contribution is -0.134. The molecular formula is C26H35N5O3. The van der Waals surface area contributed by atoms with E-state index in [1.807, 2.05) is 11.0 Å². The molecule has 0 radical (unpaired) electrons. The maximum Gasteiger partial charge on any atom is 0.261 e. The number of amides is 2. The second-order valence-electron chi connectivity index (χ2n) is 10.2. The minimum Gasteiger partial charge on any atom is -0.345 e. The third-order valence-corrected chi connectivity index (χ3v) is 7.69. The van der Waals surface area contributed by atoms with Gasteiger partial charge in [0.15, 0.2) is 0 Å². The van der Waals surface area contributed by atoms with Crippen LogP contribution in [-0.4, -0.2) is 69.9 Å². The molecule has 1 N–H and O–H groups in total. The molecule has 182 valence electrons. The minimum atomic E-state index is -0.352. The van der Waals surface area contributed by atoms with Crippen LogP contribution in [0.15, 0.2) is 35.4 Å². The molecular weight excluding hydrogens is 430 g/mol. The van der Waals surface area contributed by atoms with Crippen LogP contribution in [0, 0.1) is 11.8 Å². The summed E-state index contributed by atoms with van der Waals surface area (Å²) in [6.45, 7) is 3.80. The topological polar surface area (TPSA) is 87.5 Å². The number of fused-ring (bicyclic) bond motifs is 2. The Morgan fingerprint density at radius 3 is 2.71 bits per heavy atom. The summed E-state index contributed by atoms with van der Waals surface area (Å²) in [4.78, 5) is 47.3. The van der Waals surface area contributed by atoms with Crippen LogP contribution >= 0.6 is 0 Å². The minimum absolute atomic E-state index is 0.0165. The Kier molecular flexibility index (Phi) is 6.94. The van der Waals surface area contributed by atoms with Crippen molar-refractivity contribution in [3.05, 3.63) is 40.9 Å². The molecule has 0 bridgehead atoms. The zero-order valence-electron chi connectivity index (χ0n) is 19.8. The summed E-state index contributed by atoms with van der Waals surface area (Å²) in [6.07, 6.45) is 9.97. The third kappa shape index (κ3) is 5.32. The molecule has 3 heterocycles. The van der Waals surface area contributed by atoms with Crippen molar-refractivity contribution in [1.82, 2.24) is 24.7 Å². The molecule has 1 aliphatic carbocycles. The zero-order chi connectivity index (χ0) is 23.5. The number of aromatic nitrogens is 2. The van der Waals surface area contributed by atoms with Gasteiger partial charge in [-0.15, -0.1) is 0 Å². The predicted molar refractivity (Wildman–Crippen MR) is 130 cm³/mol. The second kappa shape index (κ2) is 10.3. The molecule has 1 saturated carbocycles. The van der Waals surface area contributed by atoms with Gasteiger partial charge >= 0.3 is 0 Å². The molecule has 0 spiro atoms. The van der Waals surface area contributed by atoms with Crippen molar-refractivity contribution in [2.45, 2.75) is 57.5 Å². The summed E-state index contributed by atoms with van der Waals surface area (Å²) in [7, 11) is 0. The maximum atomic E-state index is 13.2. The number of para-hydroxylation sites is 1. The van der Waals surface area contributed by atoms with Gasteiger partial charge in [0, 0.05) is 19.1 Å². The van der Waals surface area contributed by atoms with Crippen molar-refractivity contribution in [2.24, 2.45) is 11.8 Å². The molecule has 2 saturated heterocycles. The molecule has 8 heteroatoms. The fraction of sp³-hybridized carbons (Fsp3) is 0.615. The van der Waals surface area contributed by atoms with Crippen LogP contribution in [-0.2, 0) is 16.1 Å². The van der Waals surface area contributed by atoms with Gasteiger partial charge in [0.25, 0.3) is 5.56 Å². The molecule has 8 nitrogen and oxygen atoms in total. The summed E-state index contributed by atoms with van der Waals surface area (Å²) >= 11 is 0. The predicted octanol–water partition coefficient (Wildman–Crippen LogP) is 2.02. The van der Waals surface area contributed by atoms with Crippen LogP contribution in [0.25, 0.3) is 10.9 Å². The fourth-order valence-electron chi connectivity index (χ4n) is 5.68. The molecule has 3 aliphatic rings. The van der Waals surface area contributed by atoms with E-state index in [1.165, 1.54) is 68.9 Å². The van der Waals surface area contributed by atoms with Crippen molar-refractivity contribution in [3.63, 3.8) is 0 Å². The summed E-state index contributed by atoms with van der Waals surface area (Å²) in [6, 6.07) is 7.68. The van der Waals surface area contributed by atoms with E-state index in [9.17, 15) is 14.4 Å². The molecule has 34 heavy (non-hydrogen) atoms. The number of rotatable bonds is 8. The highest BCUT2D eigenvalue weighted by molar-refractivity contribution is 5.85. The zero-order valence-corrected chi connectivity index (χ0v) is 19.8. The molecule has 1 aromatic heterocycles. The van der Waals surface area contributed by atoms with Gasteiger partial charge in [-0.3, -0.25) is 19.0 Å². The van der Waals surface area contributed by atoms with Gasteiger partial charge in [0.1, 0.15) is 6.54 Å². The number of hydrogen-bond donors (Lipinski definition) is 1. The van der Waals surface area contributed by atoms with Crippen LogP contribution in [0.1, 0.15) is 44.9 Å². The van der Waals surface area contributed by atoms with E-state index in [1.54, 1.807) is 18.2 Å². The number of hydrogen-bond acceptors (Lipinski definition) is 5. The standard InChI is InChI=1S/C26H35N5O3/c32-24(17-31-18-28-22-8-2-1-7-21(22)26(31)34)27-14-25(33)30(15-19-10-11-19)16-20-6-5-13-29-12-4-3-9-23(20)29/h1-2,7-8,18-20,23H,3-6,9-17H2,(H,27,32)/t20-,23+/m0/s1. The lowest BCUT2D eigenvalue weighted by atomic mass is 9.83. The average Bonchev–Trinajstić information content (AvgIpc) is 3.68. The SMILES string of the molecule is O=C(Cn1cnc2ccccc2c1=O)NCC(=O)N(CC1CC1)C[C@@H]1CCCN2CCCC[C@H]12. The summed E-state index contributed by atoms with van der Waals surface area (Å²) in [5.41, 5.74) is 0.353. The van der Waals surface area contributed by atoms with Gasteiger partial charge in [-0.1, -0.05) is 18.6 Å².